The molecule has 3 N–H and O–H groups in total. The molecular weight excluding hydrogens is 202 g/mol. The van der Waals surface area contributed by atoms with Gasteiger partial charge in [0.2, 0.25) is 0 Å². The first-order valence-corrected chi connectivity index (χ1v) is 3.82. The lowest BCUT2D eigenvalue weighted by molar-refractivity contribution is 0.419. The van der Waals surface area contributed by atoms with Crippen LogP contribution >= 0.6 is 23.2 Å². The predicted octanol–water partition coefficient (Wildman–Crippen LogP) is 0.379. The Hall–Kier alpha value is -0.415. The highest BCUT2D eigenvalue weighted by Crippen LogP contribution is 2.24. The molecule has 6 heteroatoms. The average molecular weight is 207 g/mol. The number of rotatable bonds is 1. The maximum absolute atomic E-state index is 9.18. The van der Waals surface area contributed by atoms with Crippen LogP contribution in [0.3, 0.4) is 0 Å². The van der Waals surface area contributed by atoms with Crippen molar-refractivity contribution in [1.29, 1.82) is 0 Å². The Labute approximate surface area is 79.3 Å². The molecule has 3 nitrogen and oxygen atoms in total. The van der Waals surface area contributed by atoms with Gasteiger partial charge in [-0.3, -0.25) is 0 Å². The van der Waals surface area contributed by atoms with E-state index in [-0.39, 0.29) is 21.3 Å². The van der Waals surface area contributed by atoms with Crippen LogP contribution in [0.15, 0.2) is 12.1 Å². The molecule has 0 aliphatic heterocycles. The van der Waals surface area contributed by atoms with Gasteiger partial charge in [0.1, 0.15) is 5.75 Å². The molecule has 0 aromatic heterocycles. The Kier molecular flexibility index (Phi) is 2.85. The van der Waals surface area contributed by atoms with Crippen LogP contribution in [0.2, 0.25) is 10.0 Å². The molecule has 64 valence electrons. The Bertz CT molecular complexity index is 303. The maximum atomic E-state index is 9.18. The van der Waals surface area contributed by atoms with E-state index in [9.17, 15) is 5.11 Å². The van der Waals surface area contributed by atoms with Gasteiger partial charge in [0, 0.05) is 10.5 Å². The van der Waals surface area contributed by atoms with Gasteiger partial charge >= 0.3 is 7.12 Å². The van der Waals surface area contributed by atoms with Crippen LogP contribution in [0.5, 0.6) is 5.75 Å². The van der Waals surface area contributed by atoms with Crippen LogP contribution in [0.25, 0.3) is 0 Å². The molecule has 0 radical (unpaired) electrons. The molecule has 1 aromatic carbocycles. The van der Waals surface area contributed by atoms with Gasteiger partial charge in [-0.05, 0) is 12.1 Å². The van der Waals surface area contributed by atoms with Crippen molar-refractivity contribution in [1.82, 2.24) is 0 Å². The first-order valence-electron chi connectivity index (χ1n) is 3.06. The molecular formula is C6H5BCl2O3. The molecule has 1 rings (SSSR count). The Balaban J connectivity index is 3.28. The van der Waals surface area contributed by atoms with Gasteiger partial charge < -0.3 is 15.2 Å². The number of hydrogen-bond donors (Lipinski definition) is 3. The van der Waals surface area contributed by atoms with Crippen LogP contribution in [-0.2, 0) is 0 Å². The van der Waals surface area contributed by atoms with Crippen molar-refractivity contribution < 1.29 is 15.2 Å². The van der Waals surface area contributed by atoms with Gasteiger partial charge in [-0.2, -0.15) is 0 Å². The molecule has 0 heterocycles. The summed E-state index contributed by atoms with van der Waals surface area (Å²) < 4.78 is 0. The minimum atomic E-state index is -1.78. The van der Waals surface area contributed by atoms with Gasteiger partial charge in [-0.1, -0.05) is 23.2 Å². The summed E-state index contributed by atoms with van der Waals surface area (Å²) in [5.74, 6) is -0.365. The molecule has 0 aliphatic carbocycles. The first-order chi connectivity index (χ1) is 5.52. The van der Waals surface area contributed by atoms with Crippen LogP contribution in [0.4, 0.5) is 0 Å². The summed E-state index contributed by atoms with van der Waals surface area (Å²) in [6.07, 6.45) is 0. The summed E-state index contributed by atoms with van der Waals surface area (Å²) in [5.41, 5.74) is -0.104. The number of halogens is 2. The lowest BCUT2D eigenvalue weighted by Crippen LogP contribution is -2.30. The Morgan fingerprint density at radius 2 is 1.75 bits per heavy atom. The summed E-state index contributed by atoms with van der Waals surface area (Å²) in [6.45, 7) is 0. The van der Waals surface area contributed by atoms with E-state index in [1.54, 1.807) is 0 Å². The quantitative estimate of drug-likeness (QED) is 0.583. The van der Waals surface area contributed by atoms with Gasteiger partial charge in [0.15, 0.2) is 0 Å². The van der Waals surface area contributed by atoms with Gasteiger partial charge in [-0.25, -0.2) is 0 Å². The molecule has 0 aliphatic rings. The lowest BCUT2D eigenvalue weighted by Gasteiger charge is -2.04. The summed E-state index contributed by atoms with van der Waals surface area (Å²) >= 11 is 11.1. The van der Waals surface area contributed by atoms with E-state index in [4.69, 9.17) is 33.2 Å². The van der Waals surface area contributed by atoms with Gasteiger partial charge in [0.25, 0.3) is 0 Å². The second-order valence-corrected chi connectivity index (χ2v) is 3.04. The monoisotopic (exact) mass is 206 g/mol. The van der Waals surface area contributed by atoms with E-state index in [0.717, 1.165) is 0 Å². The third-order valence-electron chi connectivity index (χ3n) is 1.34. The topological polar surface area (TPSA) is 60.7 Å². The van der Waals surface area contributed by atoms with Gasteiger partial charge in [0.05, 0.1) is 5.02 Å². The molecule has 0 bridgehead atoms. The van der Waals surface area contributed by atoms with Crippen molar-refractivity contribution in [3.8, 4) is 5.75 Å². The standard InChI is InChI=1S/C6H5BCl2O3/c8-3-1-4(7(11)12)6(10)5(9)2-3/h1-2,10-12H. The lowest BCUT2D eigenvalue weighted by atomic mass is 9.79. The molecule has 1 aromatic rings. The van der Waals surface area contributed by atoms with Crippen LogP contribution < -0.4 is 5.46 Å². The van der Waals surface area contributed by atoms with E-state index in [1.807, 2.05) is 0 Å². The highest BCUT2D eigenvalue weighted by atomic mass is 35.5. The summed E-state index contributed by atoms with van der Waals surface area (Å²) in [7, 11) is -1.78. The number of benzene rings is 1. The molecule has 0 spiro atoms. The zero-order chi connectivity index (χ0) is 9.30. The fourth-order valence-electron chi connectivity index (χ4n) is 0.783. The fourth-order valence-corrected chi connectivity index (χ4v) is 1.29. The zero-order valence-electron chi connectivity index (χ0n) is 5.83. The van der Waals surface area contributed by atoms with Crippen LogP contribution in [0.1, 0.15) is 0 Å². The number of aromatic hydroxyl groups is 1. The van der Waals surface area contributed by atoms with Crippen molar-refractivity contribution in [2.75, 3.05) is 0 Å². The van der Waals surface area contributed by atoms with Crippen molar-refractivity contribution in [3.05, 3.63) is 22.2 Å². The van der Waals surface area contributed by atoms with Crippen molar-refractivity contribution >= 4 is 35.8 Å². The summed E-state index contributed by atoms with van der Waals surface area (Å²) in [4.78, 5) is 0. The van der Waals surface area contributed by atoms with E-state index < -0.39 is 7.12 Å². The molecule has 0 saturated carbocycles. The number of hydrogen-bond acceptors (Lipinski definition) is 3. The average Bonchev–Trinajstić information content (AvgIpc) is 1.96. The Morgan fingerprint density at radius 1 is 1.17 bits per heavy atom. The minimum Gasteiger partial charge on any atom is -0.507 e. The van der Waals surface area contributed by atoms with E-state index in [2.05, 4.69) is 0 Å². The molecule has 0 saturated heterocycles. The third-order valence-corrected chi connectivity index (χ3v) is 1.84. The van der Waals surface area contributed by atoms with E-state index in [1.165, 1.54) is 12.1 Å². The highest BCUT2D eigenvalue weighted by molar-refractivity contribution is 6.60. The first kappa shape index (κ1) is 9.67. The van der Waals surface area contributed by atoms with E-state index in [0.29, 0.717) is 0 Å². The Morgan fingerprint density at radius 3 is 2.25 bits per heavy atom. The third kappa shape index (κ3) is 1.84. The molecule has 12 heavy (non-hydrogen) atoms. The smallest absolute Gasteiger partial charge is 0.492 e. The second-order valence-electron chi connectivity index (χ2n) is 2.20. The predicted molar refractivity (Wildman–Crippen MR) is 48.0 cm³/mol. The maximum Gasteiger partial charge on any atom is 0.492 e. The molecule has 0 atom stereocenters. The summed E-state index contributed by atoms with van der Waals surface area (Å²) in [6, 6.07) is 2.54. The van der Waals surface area contributed by atoms with Crippen molar-refractivity contribution in [2.45, 2.75) is 0 Å². The molecule has 0 amide bonds. The van der Waals surface area contributed by atoms with Crippen LogP contribution in [0, 0.1) is 0 Å². The second kappa shape index (κ2) is 3.54. The normalized spacial score (nSPS) is 10.0. The fraction of sp³-hybridized carbons (Fsp3) is 0. The SMILES string of the molecule is OB(O)c1cc(Cl)cc(Cl)c1O. The largest absolute Gasteiger partial charge is 0.507 e. The minimum absolute atomic E-state index is 0.00870. The van der Waals surface area contributed by atoms with Crippen molar-refractivity contribution in [2.24, 2.45) is 0 Å². The molecule has 0 unspecified atom stereocenters. The highest BCUT2D eigenvalue weighted by Gasteiger charge is 2.18. The number of phenolic OH excluding ortho intramolecular Hbond substituents is 1. The van der Waals surface area contributed by atoms with Crippen molar-refractivity contribution in [3.63, 3.8) is 0 Å². The number of phenols is 1. The summed E-state index contributed by atoms with van der Waals surface area (Å²) in [5, 5.41) is 26.9. The van der Waals surface area contributed by atoms with Gasteiger partial charge in [-0.15, -0.1) is 0 Å². The van der Waals surface area contributed by atoms with Crippen LogP contribution in [-0.4, -0.2) is 22.3 Å². The van der Waals surface area contributed by atoms with E-state index >= 15 is 0 Å². The molecule has 0 fully saturated rings. The zero-order valence-corrected chi connectivity index (χ0v) is 7.34.